The first-order valence-corrected chi connectivity index (χ1v) is 6.94. The number of amides is 1. The first-order valence-electron chi connectivity index (χ1n) is 6.94. The number of hydrogen-bond acceptors (Lipinski definition) is 2. The predicted octanol–water partition coefficient (Wildman–Crippen LogP) is 3.84. The average Bonchev–Trinajstić information content (AvgIpc) is 3.21. The van der Waals surface area contributed by atoms with Crippen LogP contribution in [0.4, 0.5) is 10.1 Å². The summed E-state index contributed by atoms with van der Waals surface area (Å²) in [4.78, 5) is 12.2. The van der Waals surface area contributed by atoms with Gasteiger partial charge < -0.3 is 14.3 Å². The third kappa shape index (κ3) is 3.09. The molecule has 0 aliphatic carbocycles. The van der Waals surface area contributed by atoms with Crippen molar-refractivity contribution in [2.45, 2.75) is 12.5 Å². The highest BCUT2D eigenvalue weighted by Crippen LogP contribution is 2.24. The lowest BCUT2D eigenvalue weighted by molar-refractivity contribution is -0.116. The number of furan rings is 1. The molecule has 3 rings (SSSR count). The summed E-state index contributed by atoms with van der Waals surface area (Å²) in [6.45, 7) is 0. The van der Waals surface area contributed by atoms with Gasteiger partial charge in [-0.15, -0.1) is 0 Å². The fraction of sp³-hybridized carbons (Fsp3) is 0.118. The Kier molecular flexibility index (Phi) is 4.05. The second kappa shape index (κ2) is 6.30. The van der Waals surface area contributed by atoms with E-state index in [1.807, 2.05) is 35.2 Å². The Hall–Kier alpha value is -2.82. The van der Waals surface area contributed by atoms with Gasteiger partial charge in [-0.3, -0.25) is 4.79 Å². The Morgan fingerprint density at radius 3 is 2.59 bits per heavy atom. The number of para-hydroxylation sites is 1. The molecule has 2 heterocycles. The van der Waals surface area contributed by atoms with Gasteiger partial charge in [0.25, 0.3) is 0 Å². The molecule has 1 amide bonds. The third-order valence-corrected chi connectivity index (χ3v) is 3.39. The molecule has 1 N–H and O–H groups in total. The van der Waals surface area contributed by atoms with Crippen molar-refractivity contribution >= 4 is 11.6 Å². The molecule has 0 aliphatic rings. The lowest BCUT2D eigenvalue weighted by Crippen LogP contribution is -2.19. The lowest BCUT2D eigenvalue weighted by atomic mass is 10.1. The zero-order valence-corrected chi connectivity index (χ0v) is 11.8. The zero-order valence-electron chi connectivity index (χ0n) is 11.8. The van der Waals surface area contributed by atoms with Crippen molar-refractivity contribution in [2.75, 3.05) is 5.32 Å². The summed E-state index contributed by atoms with van der Waals surface area (Å²) in [5, 5.41) is 2.60. The topological polar surface area (TPSA) is 47.2 Å². The maximum absolute atomic E-state index is 13.6. The minimum Gasteiger partial charge on any atom is -0.467 e. The van der Waals surface area contributed by atoms with Gasteiger partial charge >= 0.3 is 0 Å². The van der Waals surface area contributed by atoms with E-state index in [9.17, 15) is 9.18 Å². The third-order valence-electron chi connectivity index (χ3n) is 3.39. The molecule has 0 fully saturated rings. The van der Waals surface area contributed by atoms with Gasteiger partial charge in [-0.25, -0.2) is 4.39 Å². The number of halogens is 1. The van der Waals surface area contributed by atoms with E-state index in [2.05, 4.69) is 5.32 Å². The van der Waals surface area contributed by atoms with Gasteiger partial charge in [0.1, 0.15) is 11.6 Å². The molecule has 1 aromatic carbocycles. The summed E-state index contributed by atoms with van der Waals surface area (Å²) in [6.07, 6.45) is 5.45. The van der Waals surface area contributed by atoms with E-state index >= 15 is 0 Å². The Balaban J connectivity index is 1.77. The fourth-order valence-electron chi connectivity index (χ4n) is 2.33. The molecule has 2 aromatic heterocycles. The normalized spacial score (nSPS) is 12.0. The van der Waals surface area contributed by atoms with E-state index in [-0.39, 0.29) is 24.1 Å². The van der Waals surface area contributed by atoms with Crippen molar-refractivity contribution in [1.29, 1.82) is 0 Å². The van der Waals surface area contributed by atoms with Crippen LogP contribution in [0, 0.1) is 5.82 Å². The van der Waals surface area contributed by atoms with E-state index in [1.54, 1.807) is 24.5 Å². The van der Waals surface area contributed by atoms with Crippen LogP contribution in [-0.4, -0.2) is 10.5 Å². The minimum atomic E-state index is -0.452. The summed E-state index contributed by atoms with van der Waals surface area (Å²) < 4.78 is 20.9. The Morgan fingerprint density at radius 1 is 1.14 bits per heavy atom. The van der Waals surface area contributed by atoms with E-state index in [4.69, 9.17) is 4.42 Å². The molecule has 0 bridgehead atoms. The molecule has 22 heavy (non-hydrogen) atoms. The highest BCUT2D eigenvalue weighted by atomic mass is 19.1. The first kappa shape index (κ1) is 14.1. The van der Waals surface area contributed by atoms with Crippen molar-refractivity contribution in [3.05, 3.63) is 78.8 Å². The number of aromatic nitrogens is 1. The second-order valence-corrected chi connectivity index (χ2v) is 4.89. The molecule has 0 aliphatic heterocycles. The number of carbonyl (C=O) groups is 1. The van der Waals surface area contributed by atoms with Gasteiger partial charge in [0.15, 0.2) is 0 Å². The molecule has 3 aromatic rings. The average molecular weight is 298 g/mol. The van der Waals surface area contributed by atoms with Crippen LogP contribution in [0.25, 0.3) is 0 Å². The molecule has 4 nitrogen and oxygen atoms in total. The first-order chi connectivity index (χ1) is 10.7. The summed E-state index contributed by atoms with van der Waals surface area (Å²) in [5.74, 6) is -0.0496. The predicted molar refractivity (Wildman–Crippen MR) is 80.9 cm³/mol. The zero-order chi connectivity index (χ0) is 15.4. The van der Waals surface area contributed by atoms with E-state index in [0.29, 0.717) is 5.76 Å². The highest BCUT2D eigenvalue weighted by Gasteiger charge is 2.20. The minimum absolute atomic E-state index is 0.149. The summed E-state index contributed by atoms with van der Waals surface area (Å²) in [7, 11) is 0. The highest BCUT2D eigenvalue weighted by molar-refractivity contribution is 5.91. The molecule has 1 atom stereocenters. The maximum atomic E-state index is 13.6. The van der Waals surface area contributed by atoms with Gasteiger partial charge in [-0.1, -0.05) is 12.1 Å². The van der Waals surface area contributed by atoms with Crippen molar-refractivity contribution in [2.24, 2.45) is 0 Å². The number of nitrogens with zero attached hydrogens (tertiary/aromatic N) is 1. The van der Waals surface area contributed by atoms with Gasteiger partial charge in [0.05, 0.1) is 24.4 Å². The fourth-order valence-corrected chi connectivity index (χ4v) is 2.33. The number of rotatable bonds is 5. The van der Waals surface area contributed by atoms with Crippen molar-refractivity contribution in [1.82, 2.24) is 4.57 Å². The van der Waals surface area contributed by atoms with Gasteiger partial charge in [0.2, 0.25) is 5.91 Å². The number of anilines is 1. The van der Waals surface area contributed by atoms with Crippen LogP contribution in [0.1, 0.15) is 18.2 Å². The van der Waals surface area contributed by atoms with Crippen LogP contribution < -0.4 is 5.32 Å². The van der Waals surface area contributed by atoms with Crippen LogP contribution in [0.15, 0.2) is 71.6 Å². The largest absolute Gasteiger partial charge is 0.467 e. The molecule has 0 saturated heterocycles. The summed E-state index contributed by atoms with van der Waals surface area (Å²) >= 11 is 0. The van der Waals surface area contributed by atoms with Crippen molar-refractivity contribution in [3.8, 4) is 0 Å². The monoisotopic (exact) mass is 298 g/mol. The van der Waals surface area contributed by atoms with Crippen LogP contribution in [0.2, 0.25) is 0 Å². The number of hydrogen-bond donors (Lipinski definition) is 1. The van der Waals surface area contributed by atoms with Gasteiger partial charge in [-0.05, 0) is 36.4 Å². The van der Waals surface area contributed by atoms with Crippen LogP contribution in [0.5, 0.6) is 0 Å². The van der Waals surface area contributed by atoms with Crippen LogP contribution in [-0.2, 0) is 4.79 Å². The maximum Gasteiger partial charge on any atom is 0.227 e. The van der Waals surface area contributed by atoms with E-state index < -0.39 is 5.82 Å². The molecule has 112 valence electrons. The van der Waals surface area contributed by atoms with Crippen molar-refractivity contribution < 1.29 is 13.6 Å². The standard InChI is InChI=1S/C17H15FN2O2/c18-13-6-1-2-7-14(13)19-17(21)12-15(16-8-5-11-22-16)20-9-3-4-10-20/h1-11,15H,12H2,(H,19,21)/t15-/m1/s1. The smallest absolute Gasteiger partial charge is 0.227 e. The van der Waals surface area contributed by atoms with Crippen LogP contribution >= 0.6 is 0 Å². The SMILES string of the molecule is O=C(C[C@H](c1ccco1)n1cccc1)Nc1ccccc1F. The van der Waals surface area contributed by atoms with Crippen molar-refractivity contribution in [3.63, 3.8) is 0 Å². The van der Waals surface area contributed by atoms with Crippen LogP contribution in [0.3, 0.4) is 0 Å². The van der Waals surface area contributed by atoms with E-state index in [0.717, 1.165) is 0 Å². The lowest BCUT2D eigenvalue weighted by Gasteiger charge is -2.16. The molecule has 0 spiro atoms. The Bertz CT molecular complexity index is 702. The second-order valence-electron chi connectivity index (χ2n) is 4.89. The molecular formula is C17H15FN2O2. The quantitative estimate of drug-likeness (QED) is 0.778. The molecule has 0 radical (unpaired) electrons. The Labute approximate surface area is 127 Å². The molecule has 5 heteroatoms. The summed E-state index contributed by atoms with van der Waals surface area (Å²) in [6, 6.07) is 13.2. The summed E-state index contributed by atoms with van der Waals surface area (Å²) in [5.41, 5.74) is 0.179. The number of nitrogens with one attached hydrogen (secondary N) is 1. The molecular weight excluding hydrogens is 283 g/mol. The van der Waals surface area contributed by atoms with Gasteiger partial charge in [-0.2, -0.15) is 0 Å². The molecule has 0 saturated carbocycles. The number of carbonyl (C=O) groups excluding carboxylic acids is 1. The van der Waals surface area contributed by atoms with E-state index in [1.165, 1.54) is 12.1 Å². The molecule has 0 unspecified atom stereocenters. The number of benzene rings is 1. The van der Waals surface area contributed by atoms with Gasteiger partial charge in [0, 0.05) is 12.4 Å². The Morgan fingerprint density at radius 2 is 1.91 bits per heavy atom.